The van der Waals surface area contributed by atoms with Gasteiger partial charge in [-0.05, 0) is 54.5 Å². The lowest BCUT2D eigenvalue weighted by Gasteiger charge is -2.24. The van der Waals surface area contributed by atoms with Crippen LogP contribution in [0.1, 0.15) is 43.7 Å². The second-order valence-corrected chi connectivity index (χ2v) is 6.98. The van der Waals surface area contributed by atoms with Crippen LogP contribution in [0.4, 0.5) is 4.79 Å². The number of likely N-dealkylation sites (tertiary alicyclic amines) is 1. The van der Waals surface area contributed by atoms with Crippen molar-refractivity contribution in [2.45, 2.75) is 44.2 Å². The fourth-order valence-corrected chi connectivity index (χ4v) is 3.99. The van der Waals surface area contributed by atoms with Crippen molar-refractivity contribution in [2.75, 3.05) is 32.9 Å². The number of hydrogen-bond donors (Lipinski definition) is 1. The van der Waals surface area contributed by atoms with Crippen molar-refractivity contribution in [3.05, 3.63) is 22.4 Å². The molecule has 1 aromatic rings. The van der Waals surface area contributed by atoms with Gasteiger partial charge < -0.3 is 19.7 Å². The molecule has 0 spiro atoms. The van der Waals surface area contributed by atoms with E-state index in [0.29, 0.717) is 19.8 Å². The molecule has 0 aliphatic carbocycles. The van der Waals surface area contributed by atoms with Crippen LogP contribution < -0.4 is 5.32 Å². The Bertz CT molecular complexity index is 474. The van der Waals surface area contributed by atoms with Crippen molar-refractivity contribution >= 4 is 17.4 Å². The van der Waals surface area contributed by atoms with E-state index in [1.54, 1.807) is 11.3 Å². The molecule has 1 N–H and O–H groups in total. The first-order valence-corrected chi connectivity index (χ1v) is 9.55. The van der Waals surface area contributed by atoms with Crippen LogP contribution in [0.5, 0.6) is 0 Å². The number of thiophene rings is 1. The Labute approximate surface area is 142 Å². The van der Waals surface area contributed by atoms with Crippen LogP contribution >= 0.6 is 11.3 Å². The fourth-order valence-electron chi connectivity index (χ4n) is 3.28. The van der Waals surface area contributed by atoms with Crippen molar-refractivity contribution in [3.63, 3.8) is 0 Å². The van der Waals surface area contributed by atoms with E-state index in [1.807, 2.05) is 4.90 Å². The lowest BCUT2D eigenvalue weighted by molar-refractivity contribution is 0.0167. The molecule has 128 valence electrons. The summed E-state index contributed by atoms with van der Waals surface area (Å²) in [6.07, 6.45) is 5.52. The Kier molecular flexibility index (Phi) is 6.30. The average Bonchev–Trinajstić information content (AvgIpc) is 3.32. The van der Waals surface area contributed by atoms with Crippen molar-refractivity contribution in [3.8, 4) is 0 Å². The van der Waals surface area contributed by atoms with Gasteiger partial charge in [-0.15, -0.1) is 0 Å². The molecule has 3 heterocycles. The maximum atomic E-state index is 12.4. The van der Waals surface area contributed by atoms with Gasteiger partial charge in [0.2, 0.25) is 0 Å². The molecule has 6 heteroatoms. The second kappa shape index (κ2) is 8.66. The summed E-state index contributed by atoms with van der Waals surface area (Å²) in [7, 11) is 0. The average molecular weight is 338 g/mol. The molecule has 2 atom stereocenters. The standard InChI is InChI=1S/C17H26N2O3S/c20-17(18-7-3-9-21-12-15-4-2-10-22-15)19-8-1-5-16(19)14-6-11-23-13-14/h6,11,13,15-16H,1-5,7-10,12H2,(H,18,20)/t15-,16+/m0/s1. The lowest BCUT2D eigenvalue weighted by Crippen LogP contribution is -2.40. The zero-order valence-electron chi connectivity index (χ0n) is 13.5. The number of urea groups is 1. The summed E-state index contributed by atoms with van der Waals surface area (Å²) >= 11 is 1.69. The van der Waals surface area contributed by atoms with E-state index in [1.165, 1.54) is 5.56 Å². The van der Waals surface area contributed by atoms with Crippen LogP contribution in [-0.2, 0) is 9.47 Å². The summed E-state index contributed by atoms with van der Waals surface area (Å²) in [6, 6.07) is 2.43. The topological polar surface area (TPSA) is 50.8 Å². The second-order valence-electron chi connectivity index (χ2n) is 6.20. The van der Waals surface area contributed by atoms with Gasteiger partial charge in [-0.1, -0.05) is 0 Å². The SMILES string of the molecule is O=C(NCCCOC[C@@H]1CCCO1)N1CCC[C@@H]1c1ccsc1. The number of carbonyl (C=O) groups is 1. The third kappa shape index (κ3) is 4.68. The Morgan fingerprint density at radius 2 is 2.39 bits per heavy atom. The van der Waals surface area contributed by atoms with E-state index in [9.17, 15) is 4.79 Å². The molecule has 2 fully saturated rings. The normalized spacial score (nSPS) is 24.3. The molecule has 0 saturated carbocycles. The quantitative estimate of drug-likeness (QED) is 0.777. The highest BCUT2D eigenvalue weighted by atomic mass is 32.1. The molecule has 0 unspecified atom stereocenters. The van der Waals surface area contributed by atoms with Gasteiger partial charge in [0.05, 0.1) is 18.8 Å². The third-order valence-corrected chi connectivity index (χ3v) is 5.21. The van der Waals surface area contributed by atoms with Gasteiger partial charge in [-0.3, -0.25) is 0 Å². The van der Waals surface area contributed by atoms with Crippen molar-refractivity contribution < 1.29 is 14.3 Å². The van der Waals surface area contributed by atoms with E-state index in [2.05, 4.69) is 22.1 Å². The van der Waals surface area contributed by atoms with Crippen LogP contribution in [0.2, 0.25) is 0 Å². The predicted molar refractivity (Wildman–Crippen MR) is 90.8 cm³/mol. The molecule has 0 radical (unpaired) electrons. The summed E-state index contributed by atoms with van der Waals surface area (Å²) in [5.41, 5.74) is 1.27. The molecular formula is C17H26N2O3S. The predicted octanol–water partition coefficient (Wildman–Crippen LogP) is 3.18. The minimum absolute atomic E-state index is 0.0535. The maximum absolute atomic E-state index is 12.4. The van der Waals surface area contributed by atoms with Gasteiger partial charge in [0, 0.05) is 26.3 Å². The minimum Gasteiger partial charge on any atom is -0.379 e. The monoisotopic (exact) mass is 338 g/mol. The minimum atomic E-state index is 0.0535. The van der Waals surface area contributed by atoms with Gasteiger partial charge >= 0.3 is 6.03 Å². The highest BCUT2D eigenvalue weighted by Crippen LogP contribution is 2.32. The molecular weight excluding hydrogens is 312 g/mol. The number of amides is 2. The van der Waals surface area contributed by atoms with Crippen LogP contribution in [-0.4, -0.2) is 49.9 Å². The van der Waals surface area contributed by atoms with E-state index in [0.717, 1.165) is 45.3 Å². The Morgan fingerprint density at radius 3 is 3.17 bits per heavy atom. The highest BCUT2D eigenvalue weighted by molar-refractivity contribution is 7.07. The van der Waals surface area contributed by atoms with Crippen LogP contribution in [0, 0.1) is 0 Å². The lowest BCUT2D eigenvalue weighted by atomic mass is 10.1. The number of nitrogens with zero attached hydrogens (tertiary/aromatic N) is 1. The molecule has 1 aromatic heterocycles. The number of ether oxygens (including phenoxy) is 2. The highest BCUT2D eigenvalue weighted by Gasteiger charge is 2.29. The third-order valence-electron chi connectivity index (χ3n) is 4.51. The summed E-state index contributed by atoms with van der Waals surface area (Å²) in [6.45, 7) is 3.73. The van der Waals surface area contributed by atoms with Crippen molar-refractivity contribution in [2.24, 2.45) is 0 Å². The number of carbonyl (C=O) groups excluding carboxylic acids is 1. The summed E-state index contributed by atoms with van der Waals surface area (Å²) in [4.78, 5) is 14.3. The molecule has 2 aliphatic rings. The summed E-state index contributed by atoms with van der Waals surface area (Å²) in [5, 5.41) is 7.25. The van der Waals surface area contributed by atoms with E-state index in [4.69, 9.17) is 9.47 Å². The molecule has 3 rings (SSSR count). The van der Waals surface area contributed by atoms with E-state index >= 15 is 0 Å². The van der Waals surface area contributed by atoms with Gasteiger partial charge in [-0.2, -0.15) is 11.3 Å². The Morgan fingerprint density at radius 1 is 1.43 bits per heavy atom. The van der Waals surface area contributed by atoms with Crippen LogP contribution in [0.3, 0.4) is 0 Å². The number of rotatable bonds is 7. The zero-order valence-corrected chi connectivity index (χ0v) is 14.4. The maximum Gasteiger partial charge on any atom is 0.317 e. The Hall–Kier alpha value is -1.11. The smallest absolute Gasteiger partial charge is 0.317 e. The fraction of sp³-hybridized carbons (Fsp3) is 0.706. The van der Waals surface area contributed by atoms with Gasteiger partial charge in [0.25, 0.3) is 0 Å². The summed E-state index contributed by atoms with van der Waals surface area (Å²) < 4.78 is 11.1. The first-order valence-electron chi connectivity index (χ1n) is 8.60. The largest absolute Gasteiger partial charge is 0.379 e. The van der Waals surface area contributed by atoms with Gasteiger partial charge in [0.15, 0.2) is 0 Å². The summed E-state index contributed by atoms with van der Waals surface area (Å²) in [5.74, 6) is 0. The molecule has 0 bridgehead atoms. The van der Waals surface area contributed by atoms with Gasteiger partial charge in [-0.25, -0.2) is 4.79 Å². The number of nitrogens with one attached hydrogen (secondary N) is 1. The molecule has 2 amide bonds. The van der Waals surface area contributed by atoms with Crippen molar-refractivity contribution in [1.82, 2.24) is 10.2 Å². The van der Waals surface area contributed by atoms with Crippen molar-refractivity contribution in [1.29, 1.82) is 0 Å². The van der Waals surface area contributed by atoms with Crippen LogP contribution in [0.25, 0.3) is 0 Å². The molecule has 2 aliphatic heterocycles. The zero-order chi connectivity index (χ0) is 15.9. The van der Waals surface area contributed by atoms with Gasteiger partial charge in [0.1, 0.15) is 0 Å². The number of hydrogen-bond acceptors (Lipinski definition) is 4. The Balaban J connectivity index is 1.31. The molecule has 0 aromatic carbocycles. The van der Waals surface area contributed by atoms with E-state index in [-0.39, 0.29) is 18.2 Å². The molecule has 23 heavy (non-hydrogen) atoms. The molecule has 2 saturated heterocycles. The molecule has 5 nitrogen and oxygen atoms in total. The first-order chi connectivity index (χ1) is 11.3. The van der Waals surface area contributed by atoms with E-state index < -0.39 is 0 Å². The van der Waals surface area contributed by atoms with Crippen LogP contribution in [0.15, 0.2) is 16.8 Å². The first kappa shape index (κ1) is 16.7.